The molecule has 2 nitrogen and oxygen atoms in total. The fraction of sp³-hybridized carbons (Fsp3) is 0. The molecule has 0 amide bonds. The molecule has 0 atom stereocenters. The molecule has 0 spiro atoms. The molecule has 2 aromatic heterocycles. The van der Waals surface area contributed by atoms with Gasteiger partial charge < -0.3 is 0 Å². The minimum Gasteiger partial charge on any atom is -0.252 e. The molecule has 0 saturated carbocycles. The quantitative estimate of drug-likeness (QED) is 0.166. The van der Waals surface area contributed by atoms with Gasteiger partial charge in [0.15, 0.2) is 0 Å². The normalized spacial score (nSPS) is 11.6. The summed E-state index contributed by atoms with van der Waals surface area (Å²) in [5, 5.41) is 7.31. The van der Waals surface area contributed by atoms with E-state index < -0.39 is 0 Å². The van der Waals surface area contributed by atoms with Gasteiger partial charge in [0.1, 0.15) is 0 Å². The molecule has 0 aliphatic heterocycles. The van der Waals surface area contributed by atoms with Crippen molar-refractivity contribution in [3.8, 4) is 55.8 Å². The molecule has 0 bridgehead atoms. The summed E-state index contributed by atoms with van der Waals surface area (Å²) in [6.07, 6.45) is 1.91. The van der Waals surface area contributed by atoms with E-state index in [1.54, 1.807) is 0 Å². The van der Waals surface area contributed by atoms with Crippen LogP contribution in [0, 0.1) is 0 Å². The Bertz CT molecular complexity index is 3230. The smallest absolute Gasteiger partial charge is 0.0979 e. The number of rotatable bonds is 5. The van der Waals surface area contributed by atoms with E-state index in [9.17, 15) is 0 Å². The first-order valence-corrected chi connectivity index (χ1v) is 19.5. The van der Waals surface area contributed by atoms with Crippen molar-refractivity contribution < 1.29 is 0 Å². The average molecular weight is 717 g/mol. The monoisotopic (exact) mass is 716 g/mol. The predicted octanol–water partition coefficient (Wildman–Crippen LogP) is 14.6. The number of nitrogens with zero attached hydrogens (tertiary/aromatic N) is 2. The Hall–Kier alpha value is -6.94. The molecule has 11 aromatic rings. The van der Waals surface area contributed by atoms with Crippen LogP contribution < -0.4 is 0 Å². The molecule has 9 aromatic carbocycles. The first-order valence-electron chi connectivity index (χ1n) is 18.6. The summed E-state index contributed by atoms with van der Waals surface area (Å²) in [5.74, 6) is 0. The molecule has 55 heavy (non-hydrogen) atoms. The molecule has 0 unspecified atom stereocenters. The summed E-state index contributed by atoms with van der Waals surface area (Å²) >= 11 is 1.88. The van der Waals surface area contributed by atoms with Crippen LogP contribution in [0.2, 0.25) is 0 Å². The molecule has 0 aliphatic rings. The van der Waals surface area contributed by atoms with Crippen LogP contribution in [-0.4, -0.2) is 9.97 Å². The number of aromatic nitrogens is 2. The van der Waals surface area contributed by atoms with E-state index in [0.29, 0.717) is 0 Å². The highest BCUT2D eigenvalue weighted by Crippen LogP contribution is 2.41. The Labute approximate surface area is 322 Å². The summed E-state index contributed by atoms with van der Waals surface area (Å²) in [5.41, 5.74) is 13.4. The topological polar surface area (TPSA) is 25.8 Å². The minimum absolute atomic E-state index is 0.870. The highest BCUT2D eigenvalue weighted by Gasteiger charge is 2.14. The van der Waals surface area contributed by atoms with Gasteiger partial charge in [0.25, 0.3) is 0 Å². The zero-order chi connectivity index (χ0) is 36.3. The van der Waals surface area contributed by atoms with E-state index in [1.807, 2.05) is 17.5 Å². The second-order valence-electron chi connectivity index (χ2n) is 14.1. The van der Waals surface area contributed by atoms with Crippen molar-refractivity contribution >= 4 is 64.1 Å². The van der Waals surface area contributed by atoms with Crippen LogP contribution in [0.3, 0.4) is 0 Å². The third-order valence-corrected chi connectivity index (χ3v) is 12.1. The van der Waals surface area contributed by atoms with E-state index in [-0.39, 0.29) is 0 Å². The Morgan fingerprint density at radius 1 is 0.327 bits per heavy atom. The summed E-state index contributed by atoms with van der Waals surface area (Å²) in [6, 6.07) is 67.8. The Balaban J connectivity index is 0.904. The van der Waals surface area contributed by atoms with Crippen molar-refractivity contribution in [2.45, 2.75) is 0 Å². The van der Waals surface area contributed by atoms with Crippen LogP contribution in [0.4, 0.5) is 0 Å². The lowest BCUT2D eigenvalue weighted by Crippen LogP contribution is -1.92. The van der Waals surface area contributed by atoms with Crippen LogP contribution in [0.5, 0.6) is 0 Å². The van der Waals surface area contributed by atoms with E-state index in [4.69, 9.17) is 9.97 Å². The van der Waals surface area contributed by atoms with E-state index in [2.05, 4.69) is 188 Å². The van der Waals surface area contributed by atoms with E-state index in [0.717, 1.165) is 38.6 Å². The zero-order valence-corrected chi connectivity index (χ0v) is 30.6. The van der Waals surface area contributed by atoms with Crippen LogP contribution in [-0.2, 0) is 0 Å². The van der Waals surface area contributed by atoms with Gasteiger partial charge in [0, 0.05) is 36.5 Å². The Morgan fingerprint density at radius 3 is 1.45 bits per heavy atom. The molecule has 2 heterocycles. The van der Waals surface area contributed by atoms with Crippen LogP contribution >= 0.6 is 11.3 Å². The molecular formula is C52H32N2S. The highest BCUT2D eigenvalue weighted by atomic mass is 32.1. The summed E-state index contributed by atoms with van der Waals surface area (Å²) in [6.45, 7) is 0. The van der Waals surface area contributed by atoms with E-state index in [1.165, 1.54) is 69.9 Å². The van der Waals surface area contributed by atoms with Crippen molar-refractivity contribution in [1.82, 2.24) is 9.97 Å². The van der Waals surface area contributed by atoms with Gasteiger partial charge in [-0.05, 0) is 79.5 Å². The van der Waals surface area contributed by atoms with Gasteiger partial charge in [-0.25, -0.2) is 4.98 Å². The maximum Gasteiger partial charge on any atom is 0.0979 e. The Morgan fingerprint density at radius 2 is 0.800 bits per heavy atom. The van der Waals surface area contributed by atoms with Gasteiger partial charge in [0.2, 0.25) is 0 Å². The predicted molar refractivity (Wildman–Crippen MR) is 235 cm³/mol. The summed E-state index contributed by atoms with van der Waals surface area (Å²) in [4.78, 5) is 10.2. The van der Waals surface area contributed by atoms with Crippen molar-refractivity contribution in [2.24, 2.45) is 0 Å². The van der Waals surface area contributed by atoms with Crippen LogP contribution in [0.25, 0.3) is 109 Å². The molecule has 0 N–H and O–H groups in total. The largest absolute Gasteiger partial charge is 0.252 e. The average Bonchev–Trinajstić information content (AvgIpc) is 3.66. The maximum atomic E-state index is 5.20. The summed E-state index contributed by atoms with van der Waals surface area (Å²) in [7, 11) is 0. The number of benzene rings is 9. The summed E-state index contributed by atoms with van der Waals surface area (Å²) < 4.78 is 2.67. The number of hydrogen-bond donors (Lipinski definition) is 0. The molecule has 0 radical (unpaired) electrons. The van der Waals surface area contributed by atoms with Crippen molar-refractivity contribution in [3.63, 3.8) is 0 Å². The minimum atomic E-state index is 0.870. The molecule has 0 fully saturated rings. The van der Waals surface area contributed by atoms with Gasteiger partial charge in [-0.3, -0.25) is 4.98 Å². The molecular weight excluding hydrogens is 685 g/mol. The second kappa shape index (κ2) is 12.9. The molecule has 256 valence electrons. The third kappa shape index (κ3) is 5.40. The lowest BCUT2D eigenvalue weighted by molar-refractivity contribution is 1.31. The van der Waals surface area contributed by atoms with Crippen molar-refractivity contribution in [2.75, 3.05) is 0 Å². The first kappa shape index (κ1) is 31.6. The maximum absolute atomic E-state index is 5.20. The lowest BCUT2D eigenvalue weighted by atomic mass is 9.94. The fourth-order valence-corrected chi connectivity index (χ4v) is 9.43. The first-order chi connectivity index (χ1) is 27.2. The number of hydrogen-bond acceptors (Lipinski definition) is 3. The SMILES string of the molecule is c1cc(-c2ccc(-c3cnc4c5ccccc5c5ccccc5c4n3)cc2)cc(-c2cccc(-c3cccc(-c4cccc5c4sc4ccccc45)c3)c2)c1. The van der Waals surface area contributed by atoms with Crippen molar-refractivity contribution in [3.05, 3.63) is 194 Å². The van der Waals surface area contributed by atoms with Gasteiger partial charge in [-0.2, -0.15) is 0 Å². The van der Waals surface area contributed by atoms with Gasteiger partial charge in [-0.15, -0.1) is 11.3 Å². The van der Waals surface area contributed by atoms with Gasteiger partial charge >= 0.3 is 0 Å². The zero-order valence-electron chi connectivity index (χ0n) is 29.8. The van der Waals surface area contributed by atoms with Crippen molar-refractivity contribution in [1.29, 1.82) is 0 Å². The molecule has 0 aliphatic carbocycles. The lowest BCUT2D eigenvalue weighted by Gasteiger charge is -2.11. The fourth-order valence-electron chi connectivity index (χ4n) is 8.19. The van der Waals surface area contributed by atoms with Gasteiger partial charge in [-0.1, -0.05) is 164 Å². The third-order valence-electron chi connectivity index (χ3n) is 10.9. The standard InChI is InChI=1S/C52H32N2S/c1-3-20-45-42(17-1)43-18-2-4-21-46(43)51-50(45)53-32-48(54-51)34-27-25-33(26-28-34)35-11-7-12-36(29-35)37-13-8-14-38(30-37)39-15-9-16-40(31-39)41-22-10-23-47-44-19-5-6-24-49(44)55-52(41)47/h1-32H. The van der Waals surface area contributed by atoms with Crippen LogP contribution in [0.15, 0.2) is 194 Å². The molecule has 0 saturated heterocycles. The highest BCUT2D eigenvalue weighted by molar-refractivity contribution is 7.26. The van der Waals surface area contributed by atoms with Gasteiger partial charge in [0.05, 0.1) is 22.9 Å². The number of thiophene rings is 1. The molecule has 3 heteroatoms. The number of fused-ring (bicyclic) bond motifs is 9. The molecule has 11 rings (SSSR count). The second-order valence-corrected chi connectivity index (χ2v) is 15.2. The van der Waals surface area contributed by atoms with Crippen LogP contribution in [0.1, 0.15) is 0 Å². The van der Waals surface area contributed by atoms with E-state index >= 15 is 0 Å². The Kier molecular flexibility index (Phi) is 7.39.